The van der Waals surface area contributed by atoms with E-state index >= 15 is 0 Å². The van der Waals surface area contributed by atoms with Gasteiger partial charge in [-0.25, -0.2) is 0 Å². The van der Waals surface area contributed by atoms with Crippen LogP contribution in [0.25, 0.3) is 5.76 Å². The predicted octanol–water partition coefficient (Wildman–Crippen LogP) is 4.64. The normalized spacial score (nSPS) is 19.4. The van der Waals surface area contributed by atoms with Crippen LogP contribution in [0.1, 0.15) is 33.9 Å². The highest BCUT2D eigenvalue weighted by Crippen LogP contribution is 2.39. The van der Waals surface area contributed by atoms with E-state index < -0.39 is 17.7 Å². The molecule has 5 rings (SSSR count). The molecular formula is C32H34N2O5. The van der Waals surface area contributed by atoms with E-state index in [0.29, 0.717) is 44.2 Å². The second kappa shape index (κ2) is 11.8. The molecular weight excluding hydrogens is 492 g/mol. The fourth-order valence-corrected chi connectivity index (χ4v) is 5.11. The molecule has 0 bridgehead atoms. The van der Waals surface area contributed by atoms with Crippen LogP contribution in [0.4, 0.5) is 0 Å². The third kappa shape index (κ3) is 6.05. The van der Waals surface area contributed by atoms with E-state index in [2.05, 4.69) is 11.0 Å². The van der Waals surface area contributed by atoms with Crippen LogP contribution in [0, 0.1) is 13.8 Å². The molecule has 0 aliphatic carbocycles. The lowest BCUT2D eigenvalue weighted by Crippen LogP contribution is -2.42. The first-order chi connectivity index (χ1) is 18.9. The van der Waals surface area contributed by atoms with Gasteiger partial charge in [0.15, 0.2) is 0 Å². The Morgan fingerprint density at radius 3 is 2.33 bits per heavy atom. The van der Waals surface area contributed by atoms with Gasteiger partial charge in [0.2, 0.25) is 0 Å². The number of Topliss-reactive ketones (excluding diaryl/α,β-unsaturated/α-hetero) is 1. The monoisotopic (exact) mass is 526 g/mol. The zero-order valence-corrected chi connectivity index (χ0v) is 22.4. The molecule has 7 heteroatoms. The van der Waals surface area contributed by atoms with Gasteiger partial charge in [-0.2, -0.15) is 0 Å². The molecule has 0 spiro atoms. The van der Waals surface area contributed by atoms with Gasteiger partial charge >= 0.3 is 0 Å². The van der Waals surface area contributed by atoms with Crippen LogP contribution in [-0.4, -0.2) is 66.0 Å². The fraction of sp³-hybridized carbons (Fsp3) is 0.312. The molecule has 7 nitrogen and oxygen atoms in total. The molecule has 0 saturated carbocycles. The number of amides is 1. The fourth-order valence-electron chi connectivity index (χ4n) is 5.11. The lowest BCUT2D eigenvalue weighted by molar-refractivity contribution is -0.140. The summed E-state index contributed by atoms with van der Waals surface area (Å²) in [7, 11) is 0. The zero-order chi connectivity index (χ0) is 27.4. The second-order valence-corrected chi connectivity index (χ2v) is 10.2. The lowest BCUT2D eigenvalue weighted by atomic mass is 9.94. The first-order valence-electron chi connectivity index (χ1n) is 13.3. The molecule has 1 atom stereocenters. The van der Waals surface area contributed by atoms with Crippen LogP contribution in [0.15, 0.2) is 78.4 Å². The minimum Gasteiger partial charge on any atom is -0.507 e. The van der Waals surface area contributed by atoms with Crippen LogP contribution in [0.2, 0.25) is 0 Å². The van der Waals surface area contributed by atoms with E-state index in [1.165, 1.54) is 5.56 Å². The van der Waals surface area contributed by atoms with Crippen LogP contribution < -0.4 is 4.74 Å². The topological polar surface area (TPSA) is 79.3 Å². The highest BCUT2D eigenvalue weighted by atomic mass is 16.5. The number of nitrogens with zero attached hydrogens (tertiary/aromatic N) is 2. The van der Waals surface area contributed by atoms with Crippen molar-refractivity contribution in [3.05, 3.63) is 106 Å². The third-order valence-corrected chi connectivity index (χ3v) is 7.31. The summed E-state index contributed by atoms with van der Waals surface area (Å²) >= 11 is 0. The Bertz CT molecular complexity index is 1360. The predicted molar refractivity (Wildman–Crippen MR) is 149 cm³/mol. The van der Waals surface area contributed by atoms with E-state index in [9.17, 15) is 14.7 Å². The Morgan fingerprint density at radius 2 is 1.64 bits per heavy atom. The van der Waals surface area contributed by atoms with Gasteiger partial charge in [0.1, 0.15) is 18.1 Å². The molecule has 39 heavy (non-hydrogen) atoms. The maximum atomic E-state index is 13.3. The summed E-state index contributed by atoms with van der Waals surface area (Å²) in [6.07, 6.45) is 0. The van der Waals surface area contributed by atoms with Crippen molar-refractivity contribution in [1.29, 1.82) is 0 Å². The molecule has 2 aliphatic rings. The van der Waals surface area contributed by atoms with Gasteiger partial charge in [0.05, 0.1) is 24.8 Å². The van der Waals surface area contributed by atoms with Gasteiger partial charge in [-0.05, 0) is 49.2 Å². The summed E-state index contributed by atoms with van der Waals surface area (Å²) in [5, 5.41) is 11.4. The minimum atomic E-state index is -0.667. The Kier molecular flexibility index (Phi) is 8.10. The number of ketones is 1. The molecule has 0 unspecified atom stereocenters. The van der Waals surface area contributed by atoms with E-state index in [1.54, 1.807) is 29.2 Å². The van der Waals surface area contributed by atoms with Crippen LogP contribution in [-0.2, 0) is 20.9 Å². The summed E-state index contributed by atoms with van der Waals surface area (Å²) < 4.78 is 11.3. The number of aliphatic hydroxyl groups is 1. The van der Waals surface area contributed by atoms with Gasteiger partial charge < -0.3 is 19.5 Å². The van der Waals surface area contributed by atoms with Crippen molar-refractivity contribution in [1.82, 2.24) is 9.80 Å². The van der Waals surface area contributed by atoms with E-state index in [1.807, 2.05) is 56.3 Å². The molecule has 202 valence electrons. The van der Waals surface area contributed by atoms with Crippen molar-refractivity contribution in [3.63, 3.8) is 0 Å². The summed E-state index contributed by atoms with van der Waals surface area (Å²) in [5.74, 6) is -0.791. The molecule has 2 saturated heterocycles. The number of carbonyl (C=O) groups is 2. The van der Waals surface area contributed by atoms with Crippen molar-refractivity contribution in [2.24, 2.45) is 0 Å². The molecule has 0 aromatic heterocycles. The Morgan fingerprint density at radius 1 is 0.923 bits per heavy atom. The van der Waals surface area contributed by atoms with Gasteiger partial charge in [-0.1, -0.05) is 59.7 Å². The number of carbonyl (C=O) groups excluding carboxylic acids is 2. The van der Waals surface area contributed by atoms with Crippen molar-refractivity contribution in [2.45, 2.75) is 26.5 Å². The van der Waals surface area contributed by atoms with E-state index in [4.69, 9.17) is 9.47 Å². The number of ether oxygens (including phenoxy) is 2. The van der Waals surface area contributed by atoms with Gasteiger partial charge in [-0.3, -0.25) is 14.5 Å². The molecule has 1 amide bonds. The molecule has 0 radical (unpaired) electrons. The largest absolute Gasteiger partial charge is 0.507 e. The Labute approximate surface area is 229 Å². The summed E-state index contributed by atoms with van der Waals surface area (Å²) in [6.45, 7) is 8.36. The average molecular weight is 527 g/mol. The number of aliphatic hydroxyl groups excluding tert-OH is 1. The average Bonchev–Trinajstić information content (AvgIpc) is 3.21. The van der Waals surface area contributed by atoms with Crippen molar-refractivity contribution >= 4 is 17.4 Å². The standard InChI is InChI=1S/C32H34N2O5/c1-22-6-8-25(9-7-22)29-28(31(36)32(37)34(29)15-14-33-16-18-38-19-17-33)30(35)26-10-12-27(13-11-26)39-21-24-5-3-4-23(2)20-24/h3-13,20,29,35H,14-19,21H2,1-2H3/b30-28+/t29-/m0/s1. The highest BCUT2D eigenvalue weighted by Gasteiger charge is 2.46. The maximum absolute atomic E-state index is 13.3. The SMILES string of the molecule is Cc1ccc([C@H]2/C(=C(\O)c3ccc(OCc4cccc(C)c4)cc3)C(=O)C(=O)N2CCN2CCOCC2)cc1. The molecule has 1 N–H and O–H groups in total. The zero-order valence-electron chi connectivity index (χ0n) is 22.4. The Balaban J connectivity index is 1.41. The molecule has 2 aliphatic heterocycles. The van der Waals surface area contributed by atoms with Crippen molar-refractivity contribution < 1.29 is 24.2 Å². The van der Waals surface area contributed by atoms with E-state index in [0.717, 1.165) is 29.8 Å². The number of rotatable bonds is 8. The maximum Gasteiger partial charge on any atom is 0.295 e. The summed E-state index contributed by atoms with van der Waals surface area (Å²) in [5.41, 5.74) is 4.67. The third-order valence-electron chi connectivity index (χ3n) is 7.31. The number of likely N-dealkylation sites (tertiary alicyclic amines) is 1. The van der Waals surface area contributed by atoms with Crippen LogP contribution in [0.5, 0.6) is 5.75 Å². The van der Waals surface area contributed by atoms with Gasteiger partial charge in [0.25, 0.3) is 11.7 Å². The number of hydrogen-bond donors (Lipinski definition) is 1. The quantitative estimate of drug-likeness (QED) is 0.262. The Hall–Kier alpha value is -3.94. The number of morpholine rings is 1. The number of hydrogen-bond acceptors (Lipinski definition) is 6. The second-order valence-electron chi connectivity index (χ2n) is 10.2. The molecule has 3 aromatic rings. The summed E-state index contributed by atoms with van der Waals surface area (Å²) in [4.78, 5) is 30.4. The van der Waals surface area contributed by atoms with E-state index in [-0.39, 0.29) is 11.3 Å². The number of benzene rings is 3. The minimum absolute atomic E-state index is 0.110. The number of aryl methyl sites for hydroxylation is 2. The highest BCUT2D eigenvalue weighted by molar-refractivity contribution is 6.46. The van der Waals surface area contributed by atoms with Crippen molar-refractivity contribution in [2.75, 3.05) is 39.4 Å². The molecule has 2 heterocycles. The van der Waals surface area contributed by atoms with Gasteiger partial charge in [-0.15, -0.1) is 0 Å². The first kappa shape index (κ1) is 26.7. The lowest BCUT2D eigenvalue weighted by Gasteiger charge is -2.31. The summed E-state index contributed by atoms with van der Waals surface area (Å²) in [6, 6.07) is 22.2. The molecule has 3 aromatic carbocycles. The smallest absolute Gasteiger partial charge is 0.295 e. The van der Waals surface area contributed by atoms with Gasteiger partial charge in [0, 0.05) is 31.7 Å². The molecule has 2 fully saturated rings. The van der Waals surface area contributed by atoms with Crippen LogP contribution in [0.3, 0.4) is 0 Å². The van der Waals surface area contributed by atoms with Crippen LogP contribution >= 0.6 is 0 Å². The van der Waals surface area contributed by atoms with Crippen molar-refractivity contribution in [3.8, 4) is 5.75 Å². The first-order valence-corrected chi connectivity index (χ1v) is 13.3.